The van der Waals surface area contributed by atoms with Gasteiger partial charge in [-0.3, -0.25) is 14.5 Å². The summed E-state index contributed by atoms with van der Waals surface area (Å²) in [6, 6.07) is 17.0. The summed E-state index contributed by atoms with van der Waals surface area (Å²) in [7, 11) is 0. The maximum Gasteiger partial charge on any atom is 0.268 e. The first-order valence-electron chi connectivity index (χ1n) is 9.87. The van der Waals surface area contributed by atoms with Crippen molar-refractivity contribution in [1.29, 1.82) is 0 Å². The van der Waals surface area contributed by atoms with Crippen molar-refractivity contribution in [3.8, 4) is 10.4 Å². The third kappa shape index (κ3) is 3.87. The molecule has 1 atom stereocenters. The van der Waals surface area contributed by atoms with Crippen LogP contribution in [0.4, 0.5) is 0 Å². The zero-order chi connectivity index (χ0) is 21.5. The molecule has 4 aromatic rings. The van der Waals surface area contributed by atoms with Crippen LogP contribution in [0.3, 0.4) is 0 Å². The van der Waals surface area contributed by atoms with E-state index < -0.39 is 6.04 Å². The number of benzene rings is 2. The Morgan fingerprint density at radius 1 is 1.19 bits per heavy atom. The molecule has 156 valence electrons. The zero-order valence-corrected chi connectivity index (χ0v) is 18.0. The van der Waals surface area contributed by atoms with E-state index in [1.807, 2.05) is 53.4 Å². The van der Waals surface area contributed by atoms with E-state index in [0.29, 0.717) is 40.6 Å². The second kappa shape index (κ2) is 7.92. The Kier molecular flexibility index (Phi) is 5.09. The second-order valence-corrected chi connectivity index (χ2v) is 9.13. The van der Waals surface area contributed by atoms with E-state index in [2.05, 4.69) is 16.0 Å². The number of carbonyl (C=O) groups is 1. The average Bonchev–Trinajstić information content (AvgIpc) is 3.18. The number of aromatic amines is 1. The van der Waals surface area contributed by atoms with Crippen molar-refractivity contribution in [1.82, 2.24) is 14.9 Å². The lowest BCUT2D eigenvalue weighted by atomic mass is 9.93. The van der Waals surface area contributed by atoms with Gasteiger partial charge >= 0.3 is 0 Å². The number of primary amides is 1. The van der Waals surface area contributed by atoms with Gasteiger partial charge in [-0.1, -0.05) is 48.0 Å². The summed E-state index contributed by atoms with van der Waals surface area (Å²) in [5.41, 5.74) is 9.41. The highest BCUT2D eigenvalue weighted by atomic mass is 35.5. The van der Waals surface area contributed by atoms with Gasteiger partial charge in [-0.05, 0) is 41.3 Å². The summed E-state index contributed by atoms with van der Waals surface area (Å²) in [5.74, 6) is 0.141. The van der Waals surface area contributed by atoms with Gasteiger partial charge in [-0.25, -0.2) is 4.98 Å². The lowest BCUT2D eigenvalue weighted by molar-refractivity contribution is -0.124. The van der Waals surface area contributed by atoms with Gasteiger partial charge in [0.25, 0.3) is 5.56 Å². The number of nitrogens with zero attached hydrogens (tertiary/aromatic N) is 2. The first-order chi connectivity index (χ1) is 15.0. The van der Waals surface area contributed by atoms with Crippen LogP contribution in [0, 0.1) is 0 Å². The topological polar surface area (TPSA) is 92.1 Å². The fraction of sp³-hybridized carbons (Fsp3) is 0.174. The average molecular weight is 451 g/mol. The van der Waals surface area contributed by atoms with Gasteiger partial charge in [0.15, 0.2) is 0 Å². The molecule has 0 saturated heterocycles. The molecule has 2 aromatic heterocycles. The molecule has 1 amide bonds. The Balaban J connectivity index is 1.48. The van der Waals surface area contributed by atoms with Gasteiger partial charge in [-0.2, -0.15) is 0 Å². The minimum atomic E-state index is -0.442. The Labute approximate surface area is 187 Å². The van der Waals surface area contributed by atoms with Crippen LogP contribution in [0.2, 0.25) is 5.02 Å². The molecule has 0 fully saturated rings. The van der Waals surface area contributed by atoms with E-state index in [9.17, 15) is 9.59 Å². The smallest absolute Gasteiger partial charge is 0.268 e. The summed E-state index contributed by atoms with van der Waals surface area (Å²) in [6.45, 7) is 0.907. The fourth-order valence-electron chi connectivity index (χ4n) is 4.04. The first kappa shape index (κ1) is 19.9. The van der Waals surface area contributed by atoms with Crippen LogP contribution in [-0.4, -0.2) is 26.8 Å². The monoisotopic (exact) mass is 450 g/mol. The number of rotatable bonds is 4. The van der Waals surface area contributed by atoms with Crippen molar-refractivity contribution in [3.05, 3.63) is 86.9 Å². The number of carbonyl (C=O) groups excluding carboxylic acids is 1. The molecular formula is C23H19ClN4O2S. The molecular weight excluding hydrogens is 432 g/mol. The van der Waals surface area contributed by atoms with Gasteiger partial charge in [0.05, 0.1) is 18.1 Å². The molecule has 6 nitrogen and oxygen atoms in total. The number of thiophene rings is 1. The van der Waals surface area contributed by atoms with E-state index in [1.54, 1.807) is 0 Å². The Bertz CT molecular complexity index is 1350. The molecule has 0 bridgehead atoms. The van der Waals surface area contributed by atoms with Crippen LogP contribution in [0.5, 0.6) is 0 Å². The van der Waals surface area contributed by atoms with Crippen LogP contribution in [-0.2, 0) is 24.3 Å². The van der Waals surface area contributed by atoms with Gasteiger partial charge < -0.3 is 10.7 Å². The van der Waals surface area contributed by atoms with Crippen LogP contribution in [0.15, 0.2) is 59.4 Å². The molecule has 3 N–H and O–H groups in total. The number of halogens is 1. The third-order valence-corrected chi connectivity index (χ3v) is 7.01. The molecule has 2 aromatic carbocycles. The summed E-state index contributed by atoms with van der Waals surface area (Å²) in [6.07, 6.45) is 0.553. The number of hydrogen-bond donors (Lipinski definition) is 2. The van der Waals surface area contributed by atoms with E-state index in [4.69, 9.17) is 17.3 Å². The number of hydrogen-bond acceptors (Lipinski definition) is 5. The standard InChI is InChI=1S/C23H19ClN4O2S/c24-16-7-5-13(6-8-16)19-10-17-21(31-19)23(30)27-20(26-17)12-28-11-15-4-2-1-3-14(15)9-18(28)22(25)29/h1-8,10,18H,9,11-12H2,(H2,25,29)(H,26,27,30)/t18-/m0/s1. The molecule has 3 heterocycles. The number of fused-ring (bicyclic) bond motifs is 2. The highest BCUT2D eigenvalue weighted by Gasteiger charge is 2.30. The molecule has 0 aliphatic carbocycles. The van der Waals surface area contributed by atoms with Crippen molar-refractivity contribution in [2.45, 2.75) is 25.6 Å². The minimum Gasteiger partial charge on any atom is -0.368 e. The van der Waals surface area contributed by atoms with Crippen molar-refractivity contribution in [2.24, 2.45) is 5.73 Å². The largest absolute Gasteiger partial charge is 0.368 e. The molecule has 0 radical (unpaired) electrons. The van der Waals surface area contributed by atoms with Crippen LogP contribution >= 0.6 is 22.9 Å². The Morgan fingerprint density at radius 2 is 1.94 bits per heavy atom. The van der Waals surface area contributed by atoms with Gasteiger partial charge in [-0.15, -0.1) is 11.3 Å². The Morgan fingerprint density at radius 3 is 2.68 bits per heavy atom. The van der Waals surface area contributed by atoms with Crippen molar-refractivity contribution < 1.29 is 4.79 Å². The molecule has 0 unspecified atom stereocenters. The minimum absolute atomic E-state index is 0.182. The first-order valence-corrected chi connectivity index (χ1v) is 11.1. The predicted molar refractivity (Wildman–Crippen MR) is 123 cm³/mol. The van der Waals surface area contributed by atoms with E-state index in [-0.39, 0.29) is 11.5 Å². The molecule has 31 heavy (non-hydrogen) atoms. The lowest BCUT2D eigenvalue weighted by Gasteiger charge is -2.34. The Hall–Kier alpha value is -3.00. The van der Waals surface area contributed by atoms with Crippen molar-refractivity contribution >= 4 is 39.1 Å². The number of aromatic nitrogens is 2. The summed E-state index contributed by atoms with van der Waals surface area (Å²) in [4.78, 5) is 35.3. The van der Waals surface area contributed by atoms with Crippen LogP contribution in [0.25, 0.3) is 20.7 Å². The van der Waals surface area contributed by atoms with Gasteiger partial charge in [0.1, 0.15) is 10.5 Å². The van der Waals surface area contributed by atoms with Gasteiger partial charge in [0.2, 0.25) is 5.91 Å². The highest BCUT2D eigenvalue weighted by Crippen LogP contribution is 2.32. The molecule has 0 spiro atoms. The number of H-pyrrole nitrogens is 1. The normalized spacial score (nSPS) is 16.4. The summed E-state index contributed by atoms with van der Waals surface area (Å²) < 4.78 is 0.573. The highest BCUT2D eigenvalue weighted by molar-refractivity contribution is 7.22. The van der Waals surface area contributed by atoms with Gasteiger partial charge in [0, 0.05) is 16.4 Å². The quantitative estimate of drug-likeness (QED) is 0.495. The van der Waals surface area contributed by atoms with Crippen molar-refractivity contribution in [3.63, 3.8) is 0 Å². The second-order valence-electron chi connectivity index (χ2n) is 7.64. The lowest BCUT2D eigenvalue weighted by Crippen LogP contribution is -2.48. The molecule has 5 rings (SSSR count). The SMILES string of the molecule is NC(=O)[C@@H]1Cc2ccccc2CN1Cc1nc2cc(-c3ccc(Cl)cc3)sc2c(=O)[nH]1. The zero-order valence-electron chi connectivity index (χ0n) is 16.5. The fourth-order valence-corrected chi connectivity index (χ4v) is 5.16. The number of nitrogens with one attached hydrogen (secondary N) is 1. The molecule has 0 saturated carbocycles. The summed E-state index contributed by atoms with van der Waals surface area (Å²) >= 11 is 7.38. The number of nitrogens with two attached hydrogens (primary N) is 1. The molecule has 1 aliphatic rings. The predicted octanol–water partition coefficient (Wildman–Crippen LogP) is 3.72. The number of amides is 1. The maximum atomic E-state index is 12.7. The van der Waals surface area contributed by atoms with E-state index in [1.165, 1.54) is 11.3 Å². The molecule has 1 aliphatic heterocycles. The van der Waals surface area contributed by atoms with Crippen LogP contribution in [0.1, 0.15) is 17.0 Å². The maximum absolute atomic E-state index is 12.7. The van der Waals surface area contributed by atoms with E-state index in [0.717, 1.165) is 21.6 Å². The van der Waals surface area contributed by atoms with Crippen molar-refractivity contribution in [2.75, 3.05) is 0 Å². The third-order valence-electron chi connectivity index (χ3n) is 5.59. The summed E-state index contributed by atoms with van der Waals surface area (Å²) in [5, 5.41) is 0.662. The van der Waals surface area contributed by atoms with E-state index >= 15 is 0 Å². The van der Waals surface area contributed by atoms with Crippen LogP contribution < -0.4 is 11.3 Å². The molecule has 8 heteroatoms.